The van der Waals surface area contributed by atoms with Gasteiger partial charge in [0.1, 0.15) is 0 Å². The molecule has 76 valence electrons. The van der Waals surface area contributed by atoms with Crippen molar-refractivity contribution in [1.82, 2.24) is 0 Å². The Morgan fingerprint density at radius 3 is 2.23 bits per heavy atom. The smallest absolute Gasteiger partial charge is 0.392 e. The van der Waals surface area contributed by atoms with Gasteiger partial charge in [-0.05, 0) is 6.92 Å². The van der Waals surface area contributed by atoms with Gasteiger partial charge in [-0.15, -0.1) is 6.58 Å². The molecule has 0 bridgehead atoms. The van der Waals surface area contributed by atoms with Crippen molar-refractivity contribution >= 4 is 5.71 Å². The maximum Gasteiger partial charge on any atom is 0.392 e. The van der Waals surface area contributed by atoms with Crippen molar-refractivity contribution in [2.24, 2.45) is 17.0 Å². The second-order valence-electron chi connectivity index (χ2n) is 2.83. The molecule has 0 aromatic carbocycles. The van der Waals surface area contributed by atoms with Crippen LogP contribution in [0.15, 0.2) is 17.8 Å². The molecule has 0 aliphatic carbocycles. The van der Waals surface area contributed by atoms with Crippen molar-refractivity contribution in [3.8, 4) is 0 Å². The molecule has 5 heteroatoms. The number of nitrogens with zero attached hydrogens (tertiary/aromatic N) is 1. The van der Waals surface area contributed by atoms with Crippen LogP contribution in [0.1, 0.15) is 13.8 Å². The van der Waals surface area contributed by atoms with E-state index >= 15 is 0 Å². The van der Waals surface area contributed by atoms with Crippen LogP contribution in [0.3, 0.4) is 0 Å². The van der Waals surface area contributed by atoms with Gasteiger partial charge in [-0.1, -0.05) is 18.2 Å². The fraction of sp³-hybridized carbons (Fsp3) is 0.625. The van der Waals surface area contributed by atoms with E-state index in [4.69, 9.17) is 5.21 Å². The first kappa shape index (κ1) is 12.0. The molecule has 0 heterocycles. The van der Waals surface area contributed by atoms with E-state index in [0.29, 0.717) is 0 Å². The van der Waals surface area contributed by atoms with Crippen LogP contribution in [0, 0.1) is 11.8 Å². The van der Waals surface area contributed by atoms with Crippen LogP contribution in [-0.4, -0.2) is 17.1 Å². The van der Waals surface area contributed by atoms with Crippen molar-refractivity contribution in [2.45, 2.75) is 20.0 Å². The standard InChI is InChI=1S/C8H12F3NO/c1-4-7(6(3)12-13)5(2)8(9,10)11/h4-5,7,13H,1H2,2-3H3/b12-6+/t5-,7-/m0/s1. The van der Waals surface area contributed by atoms with Gasteiger partial charge in [0.2, 0.25) is 0 Å². The third-order valence-corrected chi connectivity index (χ3v) is 1.95. The molecule has 0 radical (unpaired) electrons. The number of hydrogen-bond acceptors (Lipinski definition) is 2. The Kier molecular flexibility index (Phi) is 3.97. The van der Waals surface area contributed by atoms with Gasteiger partial charge in [-0.2, -0.15) is 13.2 Å². The Balaban J connectivity index is 4.70. The molecule has 0 saturated carbocycles. The molecular formula is C8H12F3NO. The van der Waals surface area contributed by atoms with E-state index in [0.717, 1.165) is 13.0 Å². The molecule has 13 heavy (non-hydrogen) atoms. The highest BCUT2D eigenvalue weighted by molar-refractivity contribution is 5.85. The lowest BCUT2D eigenvalue weighted by molar-refractivity contribution is -0.174. The van der Waals surface area contributed by atoms with E-state index in [9.17, 15) is 13.2 Å². The van der Waals surface area contributed by atoms with Crippen LogP contribution in [0.5, 0.6) is 0 Å². The zero-order valence-corrected chi connectivity index (χ0v) is 7.47. The number of halogens is 3. The normalized spacial score (nSPS) is 18.1. The van der Waals surface area contributed by atoms with E-state index in [1.54, 1.807) is 0 Å². The highest BCUT2D eigenvalue weighted by atomic mass is 19.4. The maximum absolute atomic E-state index is 12.2. The minimum atomic E-state index is -4.30. The third kappa shape index (κ3) is 3.08. The monoisotopic (exact) mass is 195 g/mol. The minimum Gasteiger partial charge on any atom is -0.411 e. The Morgan fingerprint density at radius 2 is 2.00 bits per heavy atom. The SMILES string of the molecule is C=C[C@H](/C(C)=N/O)[C@H](C)C(F)(F)F. The summed E-state index contributed by atoms with van der Waals surface area (Å²) in [7, 11) is 0. The second-order valence-corrected chi connectivity index (χ2v) is 2.83. The number of rotatable bonds is 3. The first-order valence-corrected chi connectivity index (χ1v) is 3.72. The average Bonchev–Trinajstić information content (AvgIpc) is 2.03. The van der Waals surface area contributed by atoms with Gasteiger partial charge < -0.3 is 5.21 Å². The van der Waals surface area contributed by atoms with Crippen LogP contribution in [0.4, 0.5) is 13.2 Å². The first-order chi connectivity index (χ1) is 5.84. The summed E-state index contributed by atoms with van der Waals surface area (Å²) in [5.74, 6) is -2.55. The van der Waals surface area contributed by atoms with Gasteiger partial charge in [0, 0.05) is 5.92 Å². The molecule has 0 aromatic rings. The van der Waals surface area contributed by atoms with E-state index in [1.165, 1.54) is 6.92 Å². The van der Waals surface area contributed by atoms with Crippen LogP contribution in [-0.2, 0) is 0 Å². The number of hydrogen-bond donors (Lipinski definition) is 1. The second kappa shape index (κ2) is 4.30. The summed E-state index contributed by atoms with van der Waals surface area (Å²) in [6.07, 6.45) is -3.17. The predicted octanol–water partition coefficient (Wildman–Crippen LogP) is 2.84. The molecule has 2 nitrogen and oxygen atoms in total. The molecule has 0 aliphatic rings. The van der Waals surface area contributed by atoms with E-state index in [-0.39, 0.29) is 5.71 Å². The largest absolute Gasteiger partial charge is 0.411 e. The molecular weight excluding hydrogens is 183 g/mol. The Hall–Kier alpha value is -1.00. The average molecular weight is 195 g/mol. The van der Waals surface area contributed by atoms with Gasteiger partial charge in [-0.25, -0.2) is 0 Å². The van der Waals surface area contributed by atoms with E-state index < -0.39 is 18.0 Å². The summed E-state index contributed by atoms with van der Waals surface area (Å²) >= 11 is 0. The lowest BCUT2D eigenvalue weighted by Crippen LogP contribution is -2.30. The summed E-state index contributed by atoms with van der Waals surface area (Å²) in [6, 6.07) is 0. The third-order valence-electron chi connectivity index (χ3n) is 1.95. The first-order valence-electron chi connectivity index (χ1n) is 3.72. The Morgan fingerprint density at radius 1 is 1.54 bits per heavy atom. The maximum atomic E-state index is 12.2. The van der Waals surface area contributed by atoms with Crippen molar-refractivity contribution in [3.05, 3.63) is 12.7 Å². The highest BCUT2D eigenvalue weighted by Crippen LogP contribution is 2.32. The van der Waals surface area contributed by atoms with Gasteiger partial charge in [0.15, 0.2) is 0 Å². The van der Waals surface area contributed by atoms with Crippen LogP contribution in [0.2, 0.25) is 0 Å². The zero-order chi connectivity index (χ0) is 10.6. The van der Waals surface area contributed by atoms with Crippen LogP contribution < -0.4 is 0 Å². The molecule has 0 saturated heterocycles. The number of oxime groups is 1. The zero-order valence-electron chi connectivity index (χ0n) is 7.47. The fourth-order valence-corrected chi connectivity index (χ4v) is 1.01. The molecule has 0 rings (SSSR count). The quantitative estimate of drug-likeness (QED) is 0.319. The van der Waals surface area contributed by atoms with E-state index in [1.807, 2.05) is 0 Å². The van der Waals surface area contributed by atoms with Gasteiger partial charge >= 0.3 is 6.18 Å². The summed E-state index contributed by atoms with van der Waals surface area (Å²) in [6.45, 7) is 5.63. The fourth-order valence-electron chi connectivity index (χ4n) is 1.01. The van der Waals surface area contributed by atoms with E-state index in [2.05, 4.69) is 11.7 Å². The summed E-state index contributed by atoms with van der Waals surface area (Å²) in [4.78, 5) is 0. The van der Waals surface area contributed by atoms with Gasteiger partial charge in [-0.3, -0.25) is 0 Å². The van der Waals surface area contributed by atoms with Crippen molar-refractivity contribution in [1.29, 1.82) is 0 Å². The molecule has 0 amide bonds. The predicted molar refractivity (Wildman–Crippen MR) is 43.8 cm³/mol. The Bertz CT molecular complexity index is 210. The Labute approximate surface area is 74.7 Å². The molecule has 2 atom stereocenters. The highest BCUT2D eigenvalue weighted by Gasteiger charge is 2.41. The molecule has 0 unspecified atom stereocenters. The minimum absolute atomic E-state index is 0.0137. The van der Waals surface area contributed by atoms with Crippen LogP contribution in [0.25, 0.3) is 0 Å². The van der Waals surface area contributed by atoms with Crippen molar-refractivity contribution in [3.63, 3.8) is 0 Å². The number of allylic oxidation sites excluding steroid dienone is 1. The topological polar surface area (TPSA) is 32.6 Å². The summed E-state index contributed by atoms with van der Waals surface area (Å²) in [5, 5.41) is 11.1. The molecule has 0 spiro atoms. The van der Waals surface area contributed by atoms with Gasteiger partial charge in [0.25, 0.3) is 0 Å². The summed E-state index contributed by atoms with van der Waals surface area (Å²) in [5.41, 5.74) is 0.0137. The number of alkyl halides is 3. The molecule has 0 aliphatic heterocycles. The van der Waals surface area contributed by atoms with Crippen LogP contribution >= 0.6 is 0 Å². The lowest BCUT2D eigenvalue weighted by atomic mass is 9.90. The summed E-state index contributed by atoms with van der Waals surface area (Å²) < 4.78 is 36.6. The van der Waals surface area contributed by atoms with Crippen molar-refractivity contribution in [2.75, 3.05) is 0 Å². The van der Waals surface area contributed by atoms with Crippen molar-refractivity contribution < 1.29 is 18.4 Å². The molecule has 0 aromatic heterocycles. The molecule has 1 N–H and O–H groups in total. The lowest BCUT2D eigenvalue weighted by Gasteiger charge is -2.22. The van der Waals surface area contributed by atoms with Gasteiger partial charge in [0.05, 0.1) is 11.6 Å². The molecule has 0 fully saturated rings.